The van der Waals surface area contributed by atoms with Gasteiger partial charge in [-0.05, 0) is 49.6 Å². The largest absolute Gasteiger partial charge is 0.458 e. The molecule has 0 saturated heterocycles. The smallest absolute Gasteiger partial charge is 0.337 e. The van der Waals surface area contributed by atoms with Gasteiger partial charge in [0.05, 0.1) is 28.3 Å². The summed E-state index contributed by atoms with van der Waals surface area (Å²) in [6, 6.07) is 13.9. The maximum atomic E-state index is 13.5. The summed E-state index contributed by atoms with van der Waals surface area (Å²) in [5.74, 6) is -2.24. The van der Waals surface area contributed by atoms with E-state index < -0.39 is 22.8 Å². The first-order valence-electron chi connectivity index (χ1n) is 14.0. The maximum absolute atomic E-state index is 13.5. The van der Waals surface area contributed by atoms with Gasteiger partial charge in [0.15, 0.2) is 0 Å². The van der Waals surface area contributed by atoms with E-state index in [-0.39, 0.29) is 30.0 Å². The molecule has 3 aromatic rings. The van der Waals surface area contributed by atoms with E-state index in [0.717, 1.165) is 11.1 Å². The number of hydrogen-bond acceptors (Lipinski definition) is 8. The number of nitro benzene ring substituents is 1. The highest BCUT2D eigenvalue weighted by Gasteiger charge is 2.38. The van der Waals surface area contributed by atoms with Crippen LogP contribution in [-0.4, -0.2) is 39.6 Å². The number of rotatable bonds is 12. The van der Waals surface area contributed by atoms with Crippen molar-refractivity contribution in [2.75, 3.05) is 13.2 Å². The Labute approximate surface area is 255 Å². The molecule has 1 atom stereocenters. The van der Waals surface area contributed by atoms with Crippen LogP contribution in [0, 0.1) is 10.1 Å². The molecule has 0 saturated carbocycles. The lowest BCUT2D eigenvalue weighted by Crippen LogP contribution is -2.32. The summed E-state index contributed by atoms with van der Waals surface area (Å²) in [5.41, 5.74) is 3.60. The summed E-state index contributed by atoms with van der Waals surface area (Å²) >= 11 is 0. The fraction of sp³-hybridized carbons (Fsp3) is 0.206. The molecule has 1 N–H and O–H groups in total. The van der Waals surface area contributed by atoms with E-state index in [1.54, 1.807) is 56.7 Å². The minimum absolute atomic E-state index is 0.0133. The van der Waals surface area contributed by atoms with Gasteiger partial charge in [-0.1, -0.05) is 60.7 Å². The van der Waals surface area contributed by atoms with Crippen LogP contribution >= 0.6 is 0 Å². The second-order valence-electron chi connectivity index (χ2n) is 10.0. The Hall–Kier alpha value is -5.51. The molecule has 0 amide bonds. The predicted molar refractivity (Wildman–Crippen MR) is 167 cm³/mol. The third-order valence-corrected chi connectivity index (χ3v) is 6.89. The van der Waals surface area contributed by atoms with Crippen molar-refractivity contribution in [2.45, 2.75) is 33.2 Å². The minimum atomic E-state index is -0.942. The molecule has 1 aromatic heterocycles. The molecule has 1 unspecified atom stereocenters. The first-order chi connectivity index (χ1) is 21.3. The number of nitrogens with one attached hydrogen (secondary N) is 1. The summed E-state index contributed by atoms with van der Waals surface area (Å²) < 4.78 is 13.1. The van der Waals surface area contributed by atoms with Gasteiger partial charge < -0.3 is 19.4 Å². The van der Waals surface area contributed by atoms with Crippen molar-refractivity contribution in [3.8, 4) is 0 Å². The number of aromatic nitrogens is 2. The molecule has 0 spiro atoms. The number of carbonyl (C=O) groups is 2. The molecule has 2 aromatic carbocycles. The number of benzene rings is 2. The molecule has 0 radical (unpaired) electrons. The highest BCUT2D eigenvalue weighted by molar-refractivity contribution is 6.00. The number of non-ortho nitro benzene ring substituents is 1. The van der Waals surface area contributed by atoms with Crippen LogP contribution in [0.1, 0.15) is 43.4 Å². The molecular formula is C34H34N4O6. The second kappa shape index (κ2) is 15.1. The average Bonchev–Trinajstić information content (AvgIpc) is 3.52. The molecule has 2 heterocycles. The van der Waals surface area contributed by atoms with Gasteiger partial charge in [-0.25, -0.2) is 14.6 Å². The van der Waals surface area contributed by atoms with Crippen molar-refractivity contribution in [2.24, 2.45) is 0 Å². The van der Waals surface area contributed by atoms with Crippen LogP contribution in [0.2, 0.25) is 0 Å². The molecular weight excluding hydrogens is 560 g/mol. The van der Waals surface area contributed by atoms with Gasteiger partial charge in [0.25, 0.3) is 5.69 Å². The highest BCUT2D eigenvalue weighted by atomic mass is 16.6. The van der Waals surface area contributed by atoms with Crippen LogP contribution < -0.4 is 5.32 Å². The van der Waals surface area contributed by atoms with Gasteiger partial charge in [0, 0.05) is 42.5 Å². The van der Waals surface area contributed by atoms with Crippen molar-refractivity contribution >= 4 is 23.7 Å². The summed E-state index contributed by atoms with van der Waals surface area (Å²) in [6.07, 6.45) is 16.1. The normalized spacial score (nSPS) is 15.3. The number of allylic oxidation sites excluding steroid dienone is 5. The van der Waals surface area contributed by atoms with Crippen molar-refractivity contribution in [3.63, 3.8) is 0 Å². The lowest BCUT2D eigenvalue weighted by atomic mass is 9.80. The van der Waals surface area contributed by atoms with Crippen molar-refractivity contribution in [1.29, 1.82) is 0 Å². The quantitative estimate of drug-likeness (QED) is 0.117. The second-order valence-corrected chi connectivity index (χ2v) is 10.0. The van der Waals surface area contributed by atoms with Crippen LogP contribution in [-0.2, 0) is 25.6 Å². The Kier molecular flexibility index (Phi) is 10.8. The van der Waals surface area contributed by atoms with E-state index in [1.165, 1.54) is 18.2 Å². The number of esters is 2. The number of carbonyl (C=O) groups excluding carboxylic acids is 2. The summed E-state index contributed by atoms with van der Waals surface area (Å²) in [5, 5.41) is 14.7. The standard InChI is InChI=1S/C34H34N4O6/c1-4-5-6-7-19-43-33(39)30-24(2)36-25(3)31(32(30)28-11-8-12-29(21-28)38(41)42)34(40)44-20-9-10-26-13-15-27(16-14-26)22-37-18-17-35-23-37/h4-18,21,23,32,36H,19-20,22H2,1-3H3/b5-4+,7-6+,10-9+. The predicted octanol–water partition coefficient (Wildman–Crippen LogP) is 6.01. The van der Waals surface area contributed by atoms with Crippen LogP contribution in [0.15, 0.2) is 120 Å². The van der Waals surface area contributed by atoms with Crippen LogP contribution in [0.5, 0.6) is 0 Å². The van der Waals surface area contributed by atoms with E-state index in [0.29, 0.717) is 23.5 Å². The van der Waals surface area contributed by atoms with Crippen molar-refractivity contribution in [1.82, 2.24) is 14.9 Å². The average molecular weight is 595 g/mol. The van der Waals surface area contributed by atoms with E-state index >= 15 is 0 Å². The van der Waals surface area contributed by atoms with Gasteiger partial charge >= 0.3 is 11.9 Å². The number of dihydropyridines is 1. The van der Waals surface area contributed by atoms with Crippen LogP contribution in [0.3, 0.4) is 0 Å². The SMILES string of the molecule is C/C=C/C=C/COC(=O)C1=C(C)NC(C)=C(C(=O)OC/C=C/c2ccc(Cn3ccnc3)cc2)C1c1cccc([N+](=O)[O-])c1. The topological polar surface area (TPSA) is 126 Å². The zero-order chi connectivity index (χ0) is 31.5. The number of ether oxygens (including phenoxy) is 2. The zero-order valence-corrected chi connectivity index (χ0v) is 24.8. The van der Waals surface area contributed by atoms with E-state index in [2.05, 4.69) is 10.3 Å². The lowest BCUT2D eigenvalue weighted by Gasteiger charge is -2.30. The highest BCUT2D eigenvalue weighted by Crippen LogP contribution is 2.40. The molecule has 0 aliphatic carbocycles. The van der Waals surface area contributed by atoms with Gasteiger partial charge in [-0.2, -0.15) is 0 Å². The van der Waals surface area contributed by atoms with Gasteiger partial charge in [0.1, 0.15) is 13.2 Å². The van der Waals surface area contributed by atoms with Gasteiger partial charge in [-0.15, -0.1) is 0 Å². The summed E-state index contributed by atoms with van der Waals surface area (Å²) in [7, 11) is 0. The Bertz CT molecular complexity index is 1650. The van der Waals surface area contributed by atoms with Crippen molar-refractivity contribution in [3.05, 3.63) is 147 Å². The van der Waals surface area contributed by atoms with Gasteiger partial charge in [-0.3, -0.25) is 10.1 Å². The molecule has 226 valence electrons. The molecule has 1 aliphatic heterocycles. The number of imidazole rings is 1. The Morgan fingerprint density at radius 3 is 2.30 bits per heavy atom. The maximum Gasteiger partial charge on any atom is 0.337 e. The fourth-order valence-corrected chi connectivity index (χ4v) is 4.84. The van der Waals surface area contributed by atoms with Crippen LogP contribution in [0.4, 0.5) is 5.69 Å². The number of hydrogen-bond donors (Lipinski definition) is 1. The molecule has 0 bridgehead atoms. The summed E-state index contributed by atoms with van der Waals surface area (Å²) in [4.78, 5) is 42.0. The van der Waals surface area contributed by atoms with E-state index in [9.17, 15) is 19.7 Å². The molecule has 10 heteroatoms. The first kappa shape index (κ1) is 31.4. The third-order valence-electron chi connectivity index (χ3n) is 6.89. The van der Waals surface area contributed by atoms with Crippen molar-refractivity contribution < 1.29 is 24.0 Å². The molecule has 1 aliphatic rings. The molecule has 0 fully saturated rings. The molecule has 10 nitrogen and oxygen atoms in total. The number of nitrogens with zero attached hydrogens (tertiary/aromatic N) is 3. The fourth-order valence-electron chi connectivity index (χ4n) is 4.84. The minimum Gasteiger partial charge on any atom is -0.458 e. The monoisotopic (exact) mass is 594 g/mol. The number of nitro groups is 1. The molecule has 4 rings (SSSR count). The van der Waals surface area contributed by atoms with Gasteiger partial charge in [0.2, 0.25) is 0 Å². The van der Waals surface area contributed by atoms with E-state index in [4.69, 9.17) is 9.47 Å². The lowest BCUT2D eigenvalue weighted by molar-refractivity contribution is -0.384. The van der Waals surface area contributed by atoms with Crippen LogP contribution in [0.25, 0.3) is 6.08 Å². The van der Waals surface area contributed by atoms with E-state index in [1.807, 2.05) is 54.1 Å². The zero-order valence-electron chi connectivity index (χ0n) is 24.8. The Morgan fingerprint density at radius 2 is 1.68 bits per heavy atom. The first-order valence-corrected chi connectivity index (χ1v) is 14.0. The third kappa shape index (κ3) is 8.07. The Balaban J connectivity index is 1.52. The summed E-state index contributed by atoms with van der Waals surface area (Å²) in [6.45, 7) is 5.98. The Morgan fingerprint density at radius 1 is 1.00 bits per heavy atom. The molecule has 44 heavy (non-hydrogen) atoms.